The summed E-state index contributed by atoms with van der Waals surface area (Å²) >= 11 is 1.34. The van der Waals surface area contributed by atoms with Gasteiger partial charge in [-0.15, -0.1) is 11.3 Å². The molecule has 2 aliphatic heterocycles. The van der Waals surface area contributed by atoms with Crippen LogP contribution in [0, 0.1) is 0 Å². The molecule has 2 fully saturated rings. The van der Waals surface area contributed by atoms with Crippen LogP contribution in [-0.2, 0) is 32.4 Å². The van der Waals surface area contributed by atoms with Crippen LogP contribution in [-0.4, -0.2) is 48.4 Å². The fourth-order valence-corrected chi connectivity index (χ4v) is 5.31. The molecule has 40 heavy (non-hydrogen) atoms. The number of alkyl halides is 3. The molecule has 12 heteroatoms. The molecule has 3 heterocycles. The van der Waals surface area contributed by atoms with Crippen LogP contribution < -0.4 is 9.54 Å². The van der Waals surface area contributed by atoms with Gasteiger partial charge in [-0.2, -0.15) is 18.2 Å². The van der Waals surface area contributed by atoms with E-state index in [2.05, 4.69) is 10.1 Å². The lowest BCUT2D eigenvalue weighted by Gasteiger charge is -2.20. The highest BCUT2D eigenvalue weighted by molar-refractivity contribution is 7.09. The first-order valence-electron chi connectivity index (χ1n) is 13.5. The van der Waals surface area contributed by atoms with Crippen LogP contribution >= 0.6 is 11.3 Å². The van der Waals surface area contributed by atoms with Crippen molar-refractivity contribution in [2.75, 3.05) is 19.8 Å². The van der Waals surface area contributed by atoms with Gasteiger partial charge < -0.3 is 23.6 Å². The van der Waals surface area contributed by atoms with Crippen LogP contribution in [0.25, 0.3) is 0 Å². The lowest BCUT2D eigenvalue weighted by Crippen LogP contribution is -2.24. The van der Waals surface area contributed by atoms with Crippen molar-refractivity contribution in [3.8, 4) is 5.75 Å². The van der Waals surface area contributed by atoms with Crippen molar-refractivity contribution >= 4 is 23.0 Å². The SMILES string of the molecule is CC(COc1ccc(C(F)(F)F)cc1C(=O)/N=c1\sc(C(C)(C)C)cn1C[C@H]1CCCO1)=NOC1CCCCO1. The van der Waals surface area contributed by atoms with Crippen molar-refractivity contribution in [1.82, 2.24) is 4.57 Å². The number of halogens is 3. The zero-order chi connectivity index (χ0) is 28.9. The predicted molar refractivity (Wildman–Crippen MR) is 145 cm³/mol. The quantitative estimate of drug-likeness (QED) is 0.278. The zero-order valence-corrected chi connectivity index (χ0v) is 24.1. The van der Waals surface area contributed by atoms with Crippen molar-refractivity contribution < 1.29 is 37.0 Å². The Balaban J connectivity index is 1.61. The third-order valence-electron chi connectivity index (χ3n) is 6.52. The van der Waals surface area contributed by atoms with Gasteiger partial charge in [-0.25, -0.2) is 0 Å². The Morgan fingerprint density at radius 2 is 1.90 bits per heavy atom. The molecule has 1 unspecified atom stereocenters. The smallest absolute Gasteiger partial charge is 0.416 e. The first-order valence-corrected chi connectivity index (χ1v) is 14.3. The third kappa shape index (κ3) is 8.17. The summed E-state index contributed by atoms with van der Waals surface area (Å²) in [5.41, 5.74) is -1.01. The topological polar surface area (TPSA) is 83.6 Å². The van der Waals surface area contributed by atoms with Gasteiger partial charge >= 0.3 is 6.18 Å². The van der Waals surface area contributed by atoms with E-state index in [0.29, 0.717) is 30.3 Å². The maximum Gasteiger partial charge on any atom is 0.416 e. The molecule has 4 rings (SSSR count). The fourth-order valence-electron chi connectivity index (χ4n) is 4.25. The van der Waals surface area contributed by atoms with Crippen molar-refractivity contribution in [3.63, 3.8) is 0 Å². The van der Waals surface area contributed by atoms with E-state index in [0.717, 1.165) is 55.2 Å². The van der Waals surface area contributed by atoms with Crippen molar-refractivity contribution in [3.05, 3.63) is 45.2 Å². The molecule has 2 aliphatic rings. The van der Waals surface area contributed by atoms with E-state index in [9.17, 15) is 18.0 Å². The Bertz CT molecular complexity index is 1270. The lowest BCUT2D eigenvalue weighted by atomic mass is 9.95. The lowest BCUT2D eigenvalue weighted by molar-refractivity contribution is -0.162. The molecule has 0 aliphatic carbocycles. The Morgan fingerprint density at radius 3 is 2.55 bits per heavy atom. The molecule has 2 aromatic rings. The Morgan fingerprint density at radius 1 is 1.12 bits per heavy atom. The molecule has 2 atom stereocenters. The van der Waals surface area contributed by atoms with E-state index < -0.39 is 23.9 Å². The van der Waals surface area contributed by atoms with Crippen molar-refractivity contribution in [2.45, 2.75) is 90.3 Å². The predicted octanol–water partition coefficient (Wildman–Crippen LogP) is 6.08. The van der Waals surface area contributed by atoms with Gasteiger partial charge in [0.1, 0.15) is 12.4 Å². The van der Waals surface area contributed by atoms with Gasteiger partial charge in [-0.05, 0) is 56.2 Å². The number of rotatable bonds is 8. The molecule has 0 spiro atoms. The van der Waals surface area contributed by atoms with Gasteiger partial charge in [-0.1, -0.05) is 25.9 Å². The van der Waals surface area contributed by atoms with Crippen LogP contribution in [0.1, 0.15) is 80.6 Å². The number of hydrogen-bond acceptors (Lipinski definition) is 7. The number of thiazole rings is 1. The average Bonchev–Trinajstić information content (AvgIpc) is 3.56. The van der Waals surface area contributed by atoms with Gasteiger partial charge in [0.25, 0.3) is 5.91 Å². The number of oxime groups is 1. The summed E-state index contributed by atoms with van der Waals surface area (Å²) in [6.45, 7) is 9.50. The van der Waals surface area contributed by atoms with Crippen LogP contribution in [0.2, 0.25) is 0 Å². The van der Waals surface area contributed by atoms with E-state index in [4.69, 9.17) is 19.0 Å². The monoisotopic (exact) mass is 583 g/mol. The summed E-state index contributed by atoms with van der Waals surface area (Å²) in [6.07, 6.45) is 1.39. The summed E-state index contributed by atoms with van der Waals surface area (Å²) in [5.74, 6) is -0.852. The number of carbonyl (C=O) groups excluding carboxylic acids is 1. The highest BCUT2D eigenvalue weighted by atomic mass is 32.1. The minimum absolute atomic E-state index is 0.00702. The van der Waals surface area contributed by atoms with Crippen LogP contribution in [0.15, 0.2) is 34.5 Å². The molecule has 0 radical (unpaired) electrons. The molecule has 0 saturated carbocycles. The molecular formula is C28H36F3N3O5S. The summed E-state index contributed by atoms with van der Waals surface area (Å²) in [6, 6.07) is 2.80. The molecule has 1 aromatic carbocycles. The molecule has 220 valence electrons. The first-order chi connectivity index (χ1) is 18.9. The Labute approximate surface area is 235 Å². The normalized spacial score (nSPS) is 21.1. The number of benzene rings is 1. The minimum atomic E-state index is -4.64. The number of carbonyl (C=O) groups is 1. The highest BCUT2D eigenvalue weighted by Crippen LogP contribution is 2.33. The summed E-state index contributed by atoms with van der Waals surface area (Å²) in [5, 5.41) is 4.01. The average molecular weight is 584 g/mol. The van der Waals surface area contributed by atoms with E-state index in [1.54, 1.807) is 6.92 Å². The highest BCUT2D eigenvalue weighted by Gasteiger charge is 2.32. The van der Waals surface area contributed by atoms with E-state index >= 15 is 0 Å². The van der Waals surface area contributed by atoms with E-state index in [-0.39, 0.29) is 29.4 Å². The first kappa shape index (κ1) is 30.3. The number of amides is 1. The molecule has 0 N–H and O–H groups in total. The Hall–Kier alpha value is -2.70. The maximum atomic E-state index is 13.6. The second-order valence-electron chi connectivity index (χ2n) is 11.1. The second kappa shape index (κ2) is 12.9. The fraction of sp³-hybridized carbons (Fsp3) is 0.607. The summed E-state index contributed by atoms with van der Waals surface area (Å²) in [7, 11) is 0. The maximum absolute atomic E-state index is 13.6. The van der Waals surface area contributed by atoms with Crippen molar-refractivity contribution in [2.24, 2.45) is 10.1 Å². The van der Waals surface area contributed by atoms with Gasteiger partial charge in [0.15, 0.2) is 4.80 Å². The van der Waals surface area contributed by atoms with E-state index in [1.165, 1.54) is 11.3 Å². The molecule has 1 amide bonds. The van der Waals surface area contributed by atoms with Crippen LogP contribution in [0.4, 0.5) is 13.2 Å². The Kier molecular flexibility index (Phi) is 9.73. The molecule has 0 bridgehead atoms. The van der Waals surface area contributed by atoms with Crippen LogP contribution in [0.5, 0.6) is 5.75 Å². The van der Waals surface area contributed by atoms with Gasteiger partial charge in [-0.3, -0.25) is 4.79 Å². The second-order valence-corrected chi connectivity index (χ2v) is 12.1. The number of hydrogen-bond donors (Lipinski definition) is 0. The molecule has 8 nitrogen and oxygen atoms in total. The van der Waals surface area contributed by atoms with E-state index in [1.807, 2.05) is 31.5 Å². The van der Waals surface area contributed by atoms with Gasteiger partial charge in [0.2, 0.25) is 6.29 Å². The summed E-state index contributed by atoms with van der Waals surface area (Å²) in [4.78, 5) is 24.5. The van der Waals surface area contributed by atoms with Crippen molar-refractivity contribution in [1.29, 1.82) is 0 Å². The third-order valence-corrected chi connectivity index (χ3v) is 7.96. The molecule has 2 saturated heterocycles. The molecule has 1 aromatic heterocycles. The molecular weight excluding hydrogens is 547 g/mol. The number of ether oxygens (including phenoxy) is 3. The number of aromatic nitrogens is 1. The van der Waals surface area contributed by atoms with Crippen LogP contribution in [0.3, 0.4) is 0 Å². The number of nitrogens with zero attached hydrogens (tertiary/aromatic N) is 3. The van der Waals surface area contributed by atoms with Gasteiger partial charge in [0, 0.05) is 24.1 Å². The minimum Gasteiger partial charge on any atom is -0.487 e. The largest absolute Gasteiger partial charge is 0.487 e. The zero-order valence-electron chi connectivity index (χ0n) is 23.3. The standard InChI is InChI=1S/C28H36F3N3O5S/c1-18(33-39-24-9-5-6-12-37-24)17-38-22-11-10-19(28(29,30)31)14-21(22)25(35)32-26-34(15-20-8-7-13-36-20)16-23(40-26)27(2,3)4/h10-11,14,16,20,24H,5-9,12-13,15,17H2,1-4H3/b32-26-,33-18?/t20-,24?/m1/s1. The summed E-state index contributed by atoms with van der Waals surface area (Å²) < 4.78 is 59.5. The van der Waals surface area contributed by atoms with Gasteiger partial charge in [0.05, 0.1) is 36.1 Å².